The van der Waals surface area contributed by atoms with E-state index in [4.69, 9.17) is 19.0 Å². The number of rotatable bonds is 3. The summed E-state index contributed by atoms with van der Waals surface area (Å²) in [5, 5.41) is 6.90. The standard InChI is InChI=1S/C21H17BrN2O3/c1-25-15-7-4-13(5-8-15)21-24-18(12-17(23-24)20-3-2-10-26-20)16-11-14(22)6-9-19(16)27-21/h2-11,18,21H,12H2,1H3. The molecule has 0 fully saturated rings. The van der Waals surface area contributed by atoms with Crippen molar-refractivity contribution >= 4 is 21.6 Å². The molecule has 1 aromatic heterocycles. The Balaban J connectivity index is 1.59. The molecule has 0 saturated heterocycles. The van der Waals surface area contributed by atoms with Gasteiger partial charge < -0.3 is 13.9 Å². The van der Waals surface area contributed by atoms with E-state index in [0.29, 0.717) is 0 Å². The Morgan fingerprint density at radius 2 is 2.00 bits per heavy atom. The molecule has 2 aliphatic rings. The summed E-state index contributed by atoms with van der Waals surface area (Å²) in [4.78, 5) is 0. The van der Waals surface area contributed by atoms with Crippen LogP contribution >= 0.6 is 15.9 Å². The molecule has 0 bridgehead atoms. The third-order valence-corrected chi connectivity index (χ3v) is 5.45. The molecule has 2 aromatic carbocycles. The van der Waals surface area contributed by atoms with Gasteiger partial charge in [-0.1, -0.05) is 15.9 Å². The Labute approximate surface area is 165 Å². The van der Waals surface area contributed by atoms with Crippen LogP contribution in [0.5, 0.6) is 11.5 Å². The van der Waals surface area contributed by atoms with E-state index in [1.807, 2.05) is 53.5 Å². The number of hydrogen-bond donors (Lipinski definition) is 0. The van der Waals surface area contributed by atoms with Crippen molar-refractivity contribution in [2.75, 3.05) is 7.11 Å². The number of fused-ring (bicyclic) bond motifs is 3. The van der Waals surface area contributed by atoms with Crippen molar-refractivity contribution in [3.05, 3.63) is 82.2 Å². The maximum Gasteiger partial charge on any atom is 0.213 e. The van der Waals surface area contributed by atoms with Crippen molar-refractivity contribution in [1.29, 1.82) is 0 Å². The first kappa shape index (κ1) is 16.4. The maximum atomic E-state index is 6.35. The Hall–Kier alpha value is -2.73. The number of furan rings is 1. The van der Waals surface area contributed by atoms with E-state index in [1.54, 1.807) is 13.4 Å². The summed E-state index contributed by atoms with van der Waals surface area (Å²) in [5.41, 5.74) is 3.08. The van der Waals surface area contributed by atoms with Gasteiger partial charge in [0.2, 0.25) is 6.23 Å². The second kappa shape index (κ2) is 6.46. The molecule has 0 spiro atoms. The molecule has 0 aliphatic carbocycles. The van der Waals surface area contributed by atoms with Gasteiger partial charge in [-0.2, -0.15) is 5.10 Å². The molecule has 5 rings (SSSR count). The third-order valence-electron chi connectivity index (χ3n) is 4.96. The number of halogens is 1. The van der Waals surface area contributed by atoms with Crippen molar-refractivity contribution in [2.24, 2.45) is 5.10 Å². The summed E-state index contributed by atoms with van der Waals surface area (Å²) < 4.78 is 18.2. The first-order chi connectivity index (χ1) is 13.2. The zero-order valence-corrected chi connectivity index (χ0v) is 16.2. The smallest absolute Gasteiger partial charge is 0.213 e. The predicted molar refractivity (Wildman–Crippen MR) is 105 cm³/mol. The van der Waals surface area contributed by atoms with Crippen molar-refractivity contribution in [1.82, 2.24) is 5.01 Å². The number of benzene rings is 2. The summed E-state index contributed by atoms with van der Waals surface area (Å²) in [5.74, 6) is 2.50. The Kier molecular flexibility index (Phi) is 3.93. The molecule has 6 heteroatoms. The first-order valence-electron chi connectivity index (χ1n) is 8.72. The molecule has 27 heavy (non-hydrogen) atoms. The average molecular weight is 425 g/mol. The quantitative estimate of drug-likeness (QED) is 0.572. The number of hydrogen-bond acceptors (Lipinski definition) is 5. The molecular formula is C21H17BrN2O3. The van der Waals surface area contributed by atoms with Gasteiger partial charge in [0, 0.05) is 22.0 Å². The van der Waals surface area contributed by atoms with Crippen molar-refractivity contribution in [3.63, 3.8) is 0 Å². The highest BCUT2D eigenvalue weighted by molar-refractivity contribution is 9.10. The van der Waals surface area contributed by atoms with Crippen molar-refractivity contribution in [2.45, 2.75) is 18.7 Å². The maximum absolute atomic E-state index is 6.35. The van der Waals surface area contributed by atoms with E-state index in [9.17, 15) is 0 Å². The molecule has 3 heterocycles. The molecule has 136 valence electrons. The van der Waals surface area contributed by atoms with Crippen LogP contribution in [0.3, 0.4) is 0 Å². The van der Waals surface area contributed by atoms with Crippen LogP contribution in [-0.2, 0) is 0 Å². The molecule has 0 saturated carbocycles. The Bertz CT molecular complexity index is 999. The van der Waals surface area contributed by atoms with Crippen molar-refractivity contribution < 1.29 is 13.9 Å². The largest absolute Gasteiger partial charge is 0.497 e. The zero-order valence-electron chi connectivity index (χ0n) is 14.6. The molecule has 3 aromatic rings. The second-order valence-corrected chi connectivity index (χ2v) is 7.47. The van der Waals surface area contributed by atoms with Gasteiger partial charge >= 0.3 is 0 Å². The molecular weight excluding hydrogens is 408 g/mol. The Morgan fingerprint density at radius 3 is 2.74 bits per heavy atom. The van der Waals surface area contributed by atoms with E-state index in [1.165, 1.54) is 0 Å². The lowest BCUT2D eigenvalue weighted by Gasteiger charge is -2.38. The van der Waals surface area contributed by atoms with E-state index in [-0.39, 0.29) is 12.3 Å². The summed E-state index contributed by atoms with van der Waals surface area (Å²) in [6, 6.07) is 18.0. The topological polar surface area (TPSA) is 47.2 Å². The predicted octanol–water partition coefficient (Wildman–Crippen LogP) is 5.29. The zero-order chi connectivity index (χ0) is 18.4. The number of methoxy groups -OCH3 is 1. The highest BCUT2D eigenvalue weighted by Gasteiger charge is 2.41. The number of nitrogens with zero attached hydrogens (tertiary/aromatic N) is 2. The minimum absolute atomic E-state index is 0.0958. The van der Waals surface area contributed by atoms with Gasteiger partial charge in [-0.05, 0) is 54.6 Å². The molecule has 0 amide bonds. The van der Waals surface area contributed by atoms with Gasteiger partial charge in [0.25, 0.3) is 0 Å². The lowest BCUT2D eigenvalue weighted by molar-refractivity contribution is -0.0191. The van der Waals surface area contributed by atoms with Crippen LogP contribution in [0.25, 0.3) is 0 Å². The molecule has 2 unspecified atom stereocenters. The fourth-order valence-corrected chi connectivity index (χ4v) is 4.02. The summed E-state index contributed by atoms with van der Waals surface area (Å²) >= 11 is 3.57. The van der Waals surface area contributed by atoms with E-state index < -0.39 is 0 Å². The van der Waals surface area contributed by atoms with Gasteiger partial charge in [-0.25, -0.2) is 5.01 Å². The first-order valence-corrected chi connectivity index (χ1v) is 9.52. The number of hydrazone groups is 1. The van der Waals surface area contributed by atoms with E-state index in [0.717, 1.165) is 45.0 Å². The van der Waals surface area contributed by atoms with Crippen LogP contribution in [0, 0.1) is 0 Å². The summed E-state index contributed by atoms with van der Waals surface area (Å²) in [6.45, 7) is 0. The van der Waals surface area contributed by atoms with E-state index in [2.05, 4.69) is 22.0 Å². The van der Waals surface area contributed by atoms with Crippen LogP contribution in [0.15, 0.2) is 74.9 Å². The normalized spacial score (nSPS) is 20.5. The highest BCUT2D eigenvalue weighted by atomic mass is 79.9. The van der Waals surface area contributed by atoms with Gasteiger partial charge in [0.1, 0.15) is 23.0 Å². The SMILES string of the molecule is COc1ccc(C2Oc3ccc(Br)cc3C3CC(c4ccco4)=NN32)cc1. The second-order valence-electron chi connectivity index (χ2n) is 6.55. The summed E-state index contributed by atoms with van der Waals surface area (Å²) in [6.07, 6.45) is 2.14. The van der Waals surface area contributed by atoms with Gasteiger partial charge in [0.15, 0.2) is 0 Å². The Morgan fingerprint density at radius 1 is 1.15 bits per heavy atom. The highest BCUT2D eigenvalue weighted by Crippen LogP contribution is 2.48. The average Bonchev–Trinajstić information content (AvgIpc) is 3.37. The van der Waals surface area contributed by atoms with Crippen LogP contribution < -0.4 is 9.47 Å². The fraction of sp³-hybridized carbons (Fsp3) is 0.190. The number of ether oxygens (including phenoxy) is 2. The molecule has 2 atom stereocenters. The van der Waals surface area contributed by atoms with Gasteiger partial charge in [-0.15, -0.1) is 0 Å². The van der Waals surface area contributed by atoms with E-state index >= 15 is 0 Å². The minimum atomic E-state index is -0.304. The van der Waals surface area contributed by atoms with Crippen molar-refractivity contribution in [3.8, 4) is 11.5 Å². The monoisotopic (exact) mass is 424 g/mol. The molecule has 0 N–H and O–H groups in total. The van der Waals surface area contributed by atoms with Gasteiger partial charge in [0.05, 0.1) is 19.4 Å². The van der Waals surface area contributed by atoms with Crippen LogP contribution in [-0.4, -0.2) is 17.8 Å². The third kappa shape index (κ3) is 2.80. The van der Waals surface area contributed by atoms with Crippen LogP contribution in [0.1, 0.15) is 35.6 Å². The minimum Gasteiger partial charge on any atom is -0.497 e. The summed E-state index contributed by atoms with van der Waals surface area (Å²) in [7, 11) is 1.66. The van der Waals surface area contributed by atoms with Crippen LogP contribution in [0.4, 0.5) is 0 Å². The fourth-order valence-electron chi connectivity index (χ4n) is 3.64. The van der Waals surface area contributed by atoms with Crippen LogP contribution in [0.2, 0.25) is 0 Å². The molecule has 2 aliphatic heterocycles. The molecule has 5 nitrogen and oxygen atoms in total. The lowest BCUT2D eigenvalue weighted by atomic mass is 9.97. The molecule has 0 radical (unpaired) electrons. The van der Waals surface area contributed by atoms with Gasteiger partial charge in [-0.3, -0.25) is 0 Å². The lowest BCUT2D eigenvalue weighted by Crippen LogP contribution is -2.33.